The molecule has 4 aromatic rings. The first-order valence-electron chi connectivity index (χ1n) is 11.0. The van der Waals surface area contributed by atoms with Gasteiger partial charge in [0.2, 0.25) is 0 Å². The van der Waals surface area contributed by atoms with Gasteiger partial charge in [0.25, 0.3) is 0 Å². The van der Waals surface area contributed by atoms with Crippen LogP contribution in [0.2, 0.25) is 0 Å². The molecule has 33 heavy (non-hydrogen) atoms. The van der Waals surface area contributed by atoms with Crippen LogP contribution in [0.15, 0.2) is 66.5 Å². The van der Waals surface area contributed by atoms with Crippen molar-refractivity contribution in [2.24, 2.45) is 0 Å². The molecule has 1 fully saturated rings. The lowest BCUT2D eigenvalue weighted by Gasteiger charge is -2.28. The van der Waals surface area contributed by atoms with Crippen molar-refractivity contribution in [2.45, 2.75) is 12.3 Å². The molecule has 0 aliphatic carbocycles. The topological polar surface area (TPSA) is 54.4 Å². The van der Waals surface area contributed by atoms with E-state index in [4.69, 9.17) is 14.7 Å². The minimum absolute atomic E-state index is 0.381. The van der Waals surface area contributed by atoms with E-state index in [-0.39, 0.29) is 0 Å². The van der Waals surface area contributed by atoms with E-state index < -0.39 is 0 Å². The van der Waals surface area contributed by atoms with Crippen LogP contribution in [0.1, 0.15) is 6.92 Å². The number of morpholine rings is 1. The maximum absolute atomic E-state index is 5.60. The minimum atomic E-state index is 0.381. The molecule has 8 heteroatoms. The lowest BCUT2D eigenvalue weighted by molar-refractivity contribution is 0.122. The quantitative estimate of drug-likeness (QED) is 0.381. The zero-order chi connectivity index (χ0) is 22.2. The monoisotopic (exact) mass is 473 g/mol. The van der Waals surface area contributed by atoms with Crippen molar-refractivity contribution in [1.82, 2.24) is 15.0 Å². The van der Waals surface area contributed by atoms with Gasteiger partial charge in [0, 0.05) is 53.4 Å². The van der Waals surface area contributed by atoms with Gasteiger partial charge in [-0.05, 0) is 36.6 Å². The molecular formula is C25H23N5OS2. The Morgan fingerprint density at radius 1 is 1.03 bits per heavy atom. The normalized spacial score (nSPS) is 18.4. The molecule has 1 aromatic carbocycles. The van der Waals surface area contributed by atoms with Gasteiger partial charge < -0.3 is 14.5 Å². The molecule has 0 N–H and O–H groups in total. The maximum atomic E-state index is 5.60. The molecule has 2 aliphatic heterocycles. The van der Waals surface area contributed by atoms with E-state index in [2.05, 4.69) is 69.7 Å². The van der Waals surface area contributed by atoms with Crippen LogP contribution in [-0.2, 0) is 4.74 Å². The van der Waals surface area contributed by atoms with Crippen LogP contribution in [-0.4, -0.2) is 46.6 Å². The van der Waals surface area contributed by atoms with E-state index >= 15 is 0 Å². The number of benzene rings is 1. The summed E-state index contributed by atoms with van der Waals surface area (Å²) in [7, 11) is 0. The Morgan fingerprint density at radius 3 is 2.70 bits per heavy atom. The Bertz CT molecular complexity index is 1320. The molecule has 6 rings (SSSR count). The third kappa shape index (κ3) is 3.99. The highest BCUT2D eigenvalue weighted by atomic mass is 32.2. The van der Waals surface area contributed by atoms with Crippen LogP contribution in [0.4, 0.5) is 11.5 Å². The Balaban J connectivity index is 1.48. The SMILES string of the molecule is CC1SC=CN1c1cccc(-c2nc(N3CCOCC3)c3sc(-c4cccnc4)cc3n2)c1. The number of rotatable bonds is 4. The second-order valence-corrected chi connectivity index (χ2v) is 10.3. The fourth-order valence-corrected chi connectivity index (χ4v) is 6.04. The molecule has 1 unspecified atom stereocenters. The van der Waals surface area contributed by atoms with Crippen LogP contribution in [0.5, 0.6) is 0 Å². The number of ether oxygens (including phenoxy) is 1. The van der Waals surface area contributed by atoms with Crippen LogP contribution in [0, 0.1) is 0 Å². The highest BCUT2D eigenvalue weighted by Crippen LogP contribution is 2.39. The predicted molar refractivity (Wildman–Crippen MR) is 138 cm³/mol. The number of fused-ring (bicyclic) bond motifs is 1. The summed E-state index contributed by atoms with van der Waals surface area (Å²) in [5, 5.41) is 2.52. The first kappa shape index (κ1) is 20.7. The second-order valence-electron chi connectivity index (χ2n) is 8.02. The minimum Gasteiger partial charge on any atom is -0.378 e. The fourth-order valence-electron chi connectivity index (χ4n) is 4.19. The standard InChI is InChI=1S/C25H23N5OS2/c1-17-30(10-13-32-17)20-6-2-4-18(14-20)24-27-21-15-22(19-5-3-7-26-16-19)33-23(21)25(28-24)29-8-11-31-12-9-29/h2-7,10,13-17H,8-9,11-12H2,1H3. The highest BCUT2D eigenvalue weighted by molar-refractivity contribution is 8.03. The third-order valence-corrected chi connectivity index (χ3v) is 7.97. The van der Waals surface area contributed by atoms with Gasteiger partial charge in [-0.2, -0.15) is 0 Å². The van der Waals surface area contributed by atoms with Crippen LogP contribution in [0.3, 0.4) is 0 Å². The van der Waals surface area contributed by atoms with Crippen molar-refractivity contribution in [1.29, 1.82) is 0 Å². The van der Waals surface area contributed by atoms with Crippen LogP contribution >= 0.6 is 23.1 Å². The molecule has 1 saturated heterocycles. The summed E-state index contributed by atoms with van der Waals surface area (Å²) in [5.41, 5.74) is 4.25. The van der Waals surface area contributed by atoms with Gasteiger partial charge in [-0.1, -0.05) is 18.2 Å². The molecule has 166 valence electrons. The van der Waals surface area contributed by atoms with E-state index in [0.29, 0.717) is 18.6 Å². The number of pyridine rings is 1. The van der Waals surface area contributed by atoms with Gasteiger partial charge >= 0.3 is 0 Å². The van der Waals surface area contributed by atoms with Gasteiger partial charge in [0.15, 0.2) is 11.6 Å². The van der Waals surface area contributed by atoms with Crippen molar-refractivity contribution in [2.75, 3.05) is 36.1 Å². The number of aromatic nitrogens is 3. The molecule has 0 bridgehead atoms. The van der Waals surface area contributed by atoms with E-state index in [0.717, 1.165) is 56.6 Å². The van der Waals surface area contributed by atoms with Crippen molar-refractivity contribution < 1.29 is 4.74 Å². The first-order chi connectivity index (χ1) is 16.3. The Hall–Kier alpha value is -2.94. The van der Waals surface area contributed by atoms with Crippen LogP contribution in [0.25, 0.3) is 32.0 Å². The number of thioether (sulfide) groups is 1. The molecule has 0 amide bonds. The Kier molecular flexibility index (Phi) is 5.49. The summed E-state index contributed by atoms with van der Waals surface area (Å²) in [6, 6.07) is 14.7. The Morgan fingerprint density at radius 2 is 1.91 bits per heavy atom. The van der Waals surface area contributed by atoms with Crippen molar-refractivity contribution in [3.63, 3.8) is 0 Å². The Labute approximate surface area is 201 Å². The van der Waals surface area contributed by atoms with Crippen molar-refractivity contribution >= 4 is 44.8 Å². The van der Waals surface area contributed by atoms with Gasteiger partial charge in [-0.15, -0.1) is 23.1 Å². The zero-order valence-corrected chi connectivity index (χ0v) is 19.9. The summed E-state index contributed by atoms with van der Waals surface area (Å²) in [4.78, 5) is 20.2. The third-order valence-electron chi connectivity index (χ3n) is 5.90. The van der Waals surface area contributed by atoms with Crippen molar-refractivity contribution in [3.8, 4) is 21.8 Å². The number of hydrogen-bond donors (Lipinski definition) is 0. The number of thiophene rings is 1. The largest absolute Gasteiger partial charge is 0.378 e. The number of nitrogens with zero attached hydrogens (tertiary/aromatic N) is 5. The molecule has 0 radical (unpaired) electrons. The van der Waals surface area contributed by atoms with Crippen LogP contribution < -0.4 is 9.80 Å². The van der Waals surface area contributed by atoms with E-state index in [1.807, 2.05) is 24.0 Å². The molecule has 1 atom stereocenters. The predicted octanol–water partition coefficient (Wildman–Crippen LogP) is 5.63. The smallest absolute Gasteiger partial charge is 0.162 e. The highest BCUT2D eigenvalue weighted by Gasteiger charge is 2.22. The van der Waals surface area contributed by atoms with Gasteiger partial charge in [-0.3, -0.25) is 4.98 Å². The lowest BCUT2D eigenvalue weighted by Crippen LogP contribution is -2.36. The zero-order valence-electron chi connectivity index (χ0n) is 18.2. The van der Waals surface area contributed by atoms with Gasteiger partial charge in [0.05, 0.1) is 28.8 Å². The summed E-state index contributed by atoms with van der Waals surface area (Å²) in [6.07, 6.45) is 5.84. The van der Waals surface area contributed by atoms with Crippen molar-refractivity contribution in [3.05, 3.63) is 66.5 Å². The molecule has 5 heterocycles. The van der Waals surface area contributed by atoms with E-state index in [1.54, 1.807) is 17.5 Å². The van der Waals surface area contributed by atoms with E-state index in [1.165, 1.54) is 0 Å². The average molecular weight is 474 g/mol. The lowest BCUT2D eigenvalue weighted by atomic mass is 10.1. The van der Waals surface area contributed by atoms with Gasteiger partial charge in [0.1, 0.15) is 0 Å². The van der Waals surface area contributed by atoms with E-state index in [9.17, 15) is 0 Å². The summed E-state index contributed by atoms with van der Waals surface area (Å²) in [6.45, 7) is 5.31. The summed E-state index contributed by atoms with van der Waals surface area (Å²) in [5.74, 6) is 1.75. The molecular weight excluding hydrogens is 450 g/mol. The molecule has 2 aliphatic rings. The average Bonchev–Trinajstić information content (AvgIpc) is 3.51. The summed E-state index contributed by atoms with van der Waals surface area (Å²) >= 11 is 3.55. The number of anilines is 2. The number of hydrogen-bond acceptors (Lipinski definition) is 8. The second kappa shape index (κ2) is 8.78. The maximum Gasteiger partial charge on any atom is 0.162 e. The molecule has 0 spiro atoms. The first-order valence-corrected chi connectivity index (χ1v) is 12.8. The molecule has 3 aromatic heterocycles. The summed E-state index contributed by atoms with van der Waals surface area (Å²) < 4.78 is 6.72. The fraction of sp³-hybridized carbons (Fsp3) is 0.240. The molecule has 6 nitrogen and oxygen atoms in total. The molecule has 0 saturated carbocycles. The van der Waals surface area contributed by atoms with Gasteiger partial charge in [-0.25, -0.2) is 9.97 Å².